The van der Waals surface area contributed by atoms with Crippen molar-refractivity contribution in [1.29, 1.82) is 0 Å². The molecule has 5 nitrogen and oxygen atoms in total. The minimum Gasteiger partial charge on any atom is -0.381 e. The van der Waals surface area contributed by atoms with E-state index in [4.69, 9.17) is 27.9 Å². The van der Waals surface area contributed by atoms with Crippen molar-refractivity contribution in [2.24, 2.45) is 0 Å². The molecule has 0 aliphatic carbocycles. The number of hydrazine groups is 1. The summed E-state index contributed by atoms with van der Waals surface area (Å²) in [6.07, 6.45) is 1.42. The minimum absolute atomic E-state index is 0.0451. The summed E-state index contributed by atoms with van der Waals surface area (Å²) in [4.78, 5) is 25.8. The summed E-state index contributed by atoms with van der Waals surface area (Å²) in [7, 11) is 1.64. The summed E-state index contributed by atoms with van der Waals surface area (Å²) in [6.45, 7) is 2.59. The first kappa shape index (κ1) is 18.1. The Labute approximate surface area is 156 Å². The minimum atomic E-state index is -0.997. The third kappa shape index (κ3) is 3.22. The van der Waals surface area contributed by atoms with E-state index in [1.807, 2.05) is 0 Å². The van der Waals surface area contributed by atoms with Crippen LogP contribution < -0.4 is 0 Å². The molecule has 0 aromatic heterocycles. The monoisotopic (exact) mass is 380 g/mol. The van der Waals surface area contributed by atoms with E-state index in [2.05, 4.69) is 11.8 Å². The first-order chi connectivity index (χ1) is 12.0. The molecule has 2 aliphatic rings. The molecule has 0 saturated carbocycles. The van der Waals surface area contributed by atoms with Gasteiger partial charge in [0.15, 0.2) is 0 Å². The number of carbonyl (C=O) groups excluding carboxylic acids is 2. The Bertz CT molecular complexity index is 735. The van der Waals surface area contributed by atoms with E-state index < -0.39 is 5.92 Å². The number of halogens is 2. The van der Waals surface area contributed by atoms with Gasteiger partial charge in [0.1, 0.15) is 5.92 Å². The average Bonchev–Trinajstić information content (AvgIpc) is 2.73. The highest BCUT2D eigenvalue weighted by Gasteiger charge is 2.48. The molecule has 2 amide bonds. The van der Waals surface area contributed by atoms with E-state index >= 15 is 0 Å². The van der Waals surface area contributed by atoms with E-state index in [-0.39, 0.29) is 28.0 Å². The zero-order valence-electron chi connectivity index (χ0n) is 14.0. The molecule has 25 heavy (non-hydrogen) atoms. The molecule has 2 saturated heterocycles. The van der Waals surface area contributed by atoms with Crippen molar-refractivity contribution in [3.63, 3.8) is 0 Å². The summed E-state index contributed by atoms with van der Waals surface area (Å²) >= 11 is 12.7. The zero-order valence-corrected chi connectivity index (χ0v) is 15.5. The van der Waals surface area contributed by atoms with Crippen LogP contribution in [0.25, 0.3) is 0 Å². The Morgan fingerprint density at radius 2 is 1.60 bits per heavy atom. The summed E-state index contributed by atoms with van der Waals surface area (Å²) in [5, 5.41) is 3.56. The van der Waals surface area contributed by atoms with Crippen LogP contribution in [0, 0.1) is 11.8 Å². The van der Waals surface area contributed by atoms with Gasteiger partial charge in [0.05, 0.1) is 6.10 Å². The summed E-state index contributed by atoms with van der Waals surface area (Å²) in [6, 6.07) is 3.28. The topological polar surface area (TPSA) is 49.9 Å². The Balaban J connectivity index is 1.96. The molecule has 0 radical (unpaired) electrons. The predicted molar refractivity (Wildman–Crippen MR) is 95.2 cm³/mol. The van der Waals surface area contributed by atoms with Gasteiger partial charge in [0.2, 0.25) is 0 Å². The normalized spacial score (nSPS) is 18.9. The number of nitrogens with zero attached hydrogens (tertiary/aromatic N) is 2. The van der Waals surface area contributed by atoms with Crippen LogP contribution in [0.5, 0.6) is 0 Å². The lowest BCUT2D eigenvalue weighted by Crippen LogP contribution is -2.40. The van der Waals surface area contributed by atoms with Crippen LogP contribution in [0.3, 0.4) is 0 Å². The molecule has 0 unspecified atom stereocenters. The van der Waals surface area contributed by atoms with Gasteiger partial charge in [-0.05, 0) is 31.9 Å². The smallest absolute Gasteiger partial charge is 0.258 e. The average molecular weight is 381 g/mol. The fraction of sp³-hybridized carbons (Fsp3) is 0.444. The number of amides is 2. The van der Waals surface area contributed by atoms with Gasteiger partial charge in [-0.15, -0.1) is 5.92 Å². The van der Waals surface area contributed by atoms with Crippen molar-refractivity contribution >= 4 is 35.0 Å². The van der Waals surface area contributed by atoms with Gasteiger partial charge in [-0.25, -0.2) is 0 Å². The fourth-order valence-electron chi connectivity index (χ4n) is 3.34. The van der Waals surface area contributed by atoms with Crippen LogP contribution in [0.4, 0.5) is 0 Å². The highest BCUT2D eigenvalue weighted by atomic mass is 35.5. The van der Waals surface area contributed by atoms with E-state index in [1.165, 1.54) is 10.0 Å². The number of hydrogen-bond acceptors (Lipinski definition) is 3. The van der Waals surface area contributed by atoms with E-state index in [0.717, 1.165) is 0 Å². The SMILES string of the molecule is CC#Cc1cc(Cl)c(C2C(=O)N3CCC(OC)CCN3C2=O)c(Cl)c1. The van der Waals surface area contributed by atoms with Gasteiger partial charge in [0, 0.05) is 41.4 Å². The molecule has 0 spiro atoms. The lowest BCUT2D eigenvalue weighted by molar-refractivity contribution is -0.145. The molecule has 2 fully saturated rings. The molecule has 1 aromatic rings. The lowest BCUT2D eigenvalue weighted by atomic mass is 9.96. The molecule has 3 rings (SSSR count). The number of ether oxygens (including phenoxy) is 1. The van der Waals surface area contributed by atoms with Crippen LogP contribution in [0.1, 0.15) is 36.8 Å². The maximum Gasteiger partial charge on any atom is 0.258 e. The Morgan fingerprint density at radius 3 is 2.04 bits per heavy atom. The van der Waals surface area contributed by atoms with Crippen LogP contribution in [0.2, 0.25) is 10.0 Å². The largest absolute Gasteiger partial charge is 0.381 e. The molecule has 2 aliphatic heterocycles. The van der Waals surface area contributed by atoms with Gasteiger partial charge in [-0.3, -0.25) is 19.6 Å². The van der Waals surface area contributed by atoms with Crippen molar-refractivity contribution in [2.75, 3.05) is 20.2 Å². The third-order valence-electron chi connectivity index (χ3n) is 4.59. The highest BCUT2D eigenvalue weighted by molar-refractivity contribution is 6.37. The van der Waals surface area contributed by atoms with Crippen LogP contribution in [0.15, 0.2) is 12.1 Å². The maximum absolute atomic E-state index is 12.9. The molecule has 1 aromatic carbocycles. The third-order valence-corrected chi connectivity index (χ3v) is 5.22. The second kappa shape index (κ2) is 7.25. The summed E-state index contributed by atoms with van der Waals surface area (Å²) in [5.41, 5.74) is 1.01. The number of fused-ring (bicyclic) bond motifs is 1. The first-order valence-electron chi connectivity index (χ1n) is 8.05. The van der Waals surface area contributed by atoms with Gasteiger partial charge in [-0.2, -0.15) is 0 Å². The number of carbonyl (C=O) groups is 2. The second-order valence-electron chi connectivity index (χ2n) is 6.02. The molecular formula is C18H18Cl2N2O3. The van der Waals surface area contributed by atoms with Gasteiger partial charge in [-0.1, -0.05) is 29.1 Å². The predicted octanol–water partition coefficient (Wildman–Crippen LogP) is 2.84. The number of hydrogen-bond donors (Lipinski definition) is 0. The van der Waals surface area contributed by atoms with Crippen molar-refractivity contribution in [1.82, 2.24) is 10.0 Å². The number of methoxy groups -OCH3 is 1. The summed E-state index contributed by atoms with van der Waals surface area (Å²) in [5.74, 6) is 4.07. The van der Waals surface area contributed by atoms with E-state index in [1.54, 1.807) is 26.2 Å². The van der Waals surface area contributed by atoms with E-state index in [0.29, 0.717) is 37.1 Å². The van der Waals surface area contributed by atoms with Crippen LogP contribution in [-0.2, 0) is 14.3 Å². The van der Waals surface area contributed by atoms with Gasteiger partial charge >= 0.3 is 0 Å². The number of rotatable bonds is 2. The fourth-order valence-corrected chi connectivity index (χ4v) is 4.04. The van der Waals surface area contributed by atoms with Gasteiger partial charge < -0.3 is 4.74 Å². The van der Waals surface area contributed by atoms with Crippen LogP contribution >= 0.6 is 23.2 Å². The Morgan fingerprint density at radius 1 is 1.08 bits per heavy atom. The molecule has 7 heteroatoms. The van der Waals surface area contributed by atoms with Crippen molar-refractivity contribution in [2.45, 2.75) is 31.8 Å². The molecular weight excluding hydrogens is 363 g/mol. The van der Waals surface area contributed by atoms with Crippen LogP contribution in [-0.4, -0.2) is 48.1 Å². The molecule has 0 N–H and O–H groups in total. The molecule has 132 valence electrons. The highest BCUT2D eigenvalue weighted by Crippen LogP contribution is 2.39. The molecule has 0 bridgehead atoms. The quantitative estimate of drug-likeness (QED) is 0.585. The standard InChI is InChI=1S/C18H18Cl2N2O3/c1-3-4-11-9-13(19)15(14(20)10-11)16-17(23)21-7-5-12(25-2)6-8-22(21)18(16)24/h9-10,12,16H,5-8H2,1-2H3. The number of benzene rings is 1. The maximum atomic E-state index is 12.9. The first-order valence-corrected chi connectivity index (χ1v) is 8.80. The Hall–Kier alpha value is -1.74. The molecule has 2 heterocycles. The van der Waals surface area contributed by atoms with Gasteiger partial charge in [0.25, 0.3) is 11.8 Å². The second-order valence-corrected chi connectivity index (χ2v) is 6.83. The zero-order chi connectivity index (χ0) is 18.1. The van der Waals surface area contributed by atoms with Crippen molar-refractivity contribution < 1.29 is 14.3 Å². The van der Waals surface area contributed by atoms with Crippen molar-refractivity contribution in [3.05, 3.63) is 33.3 Å². The Kier molecular flexibility index (Phi) is 5.24. The lowest BCUT2D eigenvalue weighted by Gasteiger charge is -2.24. The molecule has 0 atom stereocenters. The summed E-state index contributed by atoms with van der Waals surface area (Å²) < 4.78 is 5.36. The van der Waals surface area contributed by atoms with Crippen molar-refractivity contribution in [3.8, 4) is 11.8 Å². The van der Waals surface area contributed by atoms with E-state index in [9.17, 15) is 9.59 Å².